The Morgan fingerprint density at radius 2 is 1.66 bits per heavy atom. The molecule has 0 aliphatic carbocycles. The number of fused-ring (bicyclic) bond motifs is 1. The first-order valence-corrected chi connectivity index (χ1v) is 11.9. The molecule has 0 radical (unpaired) electrons. The number of ether oxygens (including phenoxy) is 1. The van der Waals surface area contributed by atoms with Crippen molar-refractivity contribution in [2.45, 2.75) is 37.4 Å². The van der Waals surface area contributed by atoms with Crippen molar-refractivity contribution < 1.29 is 17.9 Å². The number of carbonyl (C=O) groups excluding carboxylic acids is 1. The second-order valence-corrected chi connectivity index (χ2v) is 9.81. The van der Waals surface area contributed by atoms with Crippen LogP contribution in [0.3, 0.4) is 0 Å². The number of rotatable bonds is 6. The van der Waals surface area contributed by atoms with Gasteiger partial charge >= 0.3 is 0 Å². The molecule has 7 heteroatoms. The van der Waals surface area contributed by atoms with Crippen LogP contribution in [0.2, 0.25) is 0 Å². The largest absolute Gasteiger partial charge is 0.497 e. The number of nitrogens with zero attached hydrogens (tertiary/aromatic N) is 1. The van der Waals surface area contributed by atoms with Crippen molar-refractivity contribution in [3.05, 3.63) is 95.1 Å². The van der Waals surface area contributed by atoms with E-state index < -0.39 is 16.1 Å². The first kappa shape index (κ1) is 22.0. The van der Waals surface area contributed by atoms with Gasteiger partial charge in [-0.05, 0) is 54.3 Å². The maximum absolute atomic E-state index is 13.5. The number of nitrogens with one attached hydrogen (secondary N) is 1. The van der Waals surface area contributed by atoms with Gasteiger partial charge in [0.05, 0.1) is 12.0 Å². The number of hydrogen-bond donors (Lipinski definition) is 1. The van der Waals surface area contributed by atoms with E-state index >= 15 is 0 Å². The Morgan fingerprint density at radius 1 is 1.00 bits per heavy atom. The van der Waals surface area contributed by atoms with Crippen LogP contribution in [0.4, 0.5) is 0 Å². The van der Waals surface area contributed by atoms with Crippen LogP contribution in [0.1, 0.15) is 22.3 Å². The summed E-state index contributed by atoms with van der Waals surface area (Å²) in [7, 11) is -2.37. The van der Waals surface area contributed by atoms with Crippen molar-refractivity contribution in [1.29, 1.82) is 0 Å². The second-order valence-electron chi connectivity index (χ2n) is 7.92. The molecule has 166 valence electrons. The molecule has 1 heterocycles. The van der Waals surface area contributed by atoms with Crippen molar-refractivity contribution in [2.24, 2.45) is 0 Å². The number of methoxy groups -OCH3 is 1. The SMILES string of the molecule is COc1ccc(S(=O)(=O)N2Cc3ccccc3C[C@@H]2C(=O)NCc2ccc(C)cc2)cc1. The van der Waals surface area contributed by atoms with Crippen LogP contribution in [0.5, 0.6) is 5.75 Å². The molecule has 0 aromatic heterocycles. The highest BCUT2D eigenvalue weighted by atomic mass is 32.2. The van der Waals surface area contributed by atoms with Gasteiger partial charge in [-0.3, -0.25) is 4.79 Å². The second kappa shape index (κ2) is 9.14. The van der Waals surface area contributed by atoms with E-state index in [2.05, 4.69) is 5.32 Å². The topological polar surface area (TPSA) is 75.7 Å². The van der Waals surface area contributed by atoms with Crippen LogP contribution >= 0.6 is 0 Å². The Balaban J connectivity index is 1.62. The molecule has 6 nitrogen and oxygen atoms in total. The molecule has 4 rings (SSSR count). The normalized spacial score (nSPS) is 16.2. The number of carbonyl (C=O) groups is 1. The lowest BCUT2D eigenvalue weighted by molar-refractivity contribution is -0.125. The molecule has 0 spiro atoms. The van der Waals surface area contributed by atoms with Crippen LogP contribution in [-0.4, -0.2) is 31.8 Å². The van der Waals surface area contributed by atoms with E-state index in [9.17, 15) is 13.2 Å². The summed E-state index contributed by atoms with van der Waals surface area (Å²) in [6, 6.07) is 20.9. The minimum Gasteiger partial charge on any atom is -0.497 e. The average Bonchev–Trinajstić information content (AvgIpc) is 2.82. The Labute approximate surface area is 188 Å². The van der Waals surface area contributed by atoms with E-state index in [1.807, 2.05) is 55.5 Å². The zero-order valence-electron chi connectivity index (χ0n) is 18.1. The maximum atomic E-state index is 13.5. The van der Waals surface area contributed by atoms with Gasteiger partial charge in [-0.1, -0.05) is 54.1 Å². The van der Waals surface area contributed by atoms with Crippen molar-refractivity contribution in [3.8, 4) is 5.75 Å². The van der Waals surface area contributed by atoms with E-state index in [4.69, 9.17) is 4.74 Å². The van der Waals surface area contributed by atoms with Gasteiger partial charge in [-0.25, -0.2) is 8.42 Å². The van der Waals surface area contributed by atoms with E-state index in [-0.39, 0.29) is 17.3 Å². The van der Waals surface area contributed by atoms with Gasteiger partial charge in [0.2, 0.25) is 15.9 Å². The summed E-state index contributed by atoms with van der Waals surface area (Å²) in [4.78, 5) is 13.3. The average molecular weight is 451 g/mol. The smallest absolute Gasteiger partial charge is 0.244 e. The van der Waals surface area contributed by atoms with E-state index in [1.165, 1.54) is 23.5 Å². The van der Waals surface area contributed by atoms with Gasteiger partial charge in [0.25, 0.3) is 0 Å². The Hall–Kier alpha value is -3.16. The predicted octanol–water partition coefficient (Wildman–Crippen LogP) is 3.44. The molecule has 1 N–H and O–H groups in total. The summed E-state index contributed by atoms with van der Waals surface area (Å²) in [5.74, 6) is 0.262. The lowest BCUT2D eigenvalue weighted by Crippen LogP contribution is -2.52. The number of benzene rings is 3. The molecule has 3 aromatic rings. The van der Waals surface area contributed by atoms with E-state index in [0.29, 0.717) is 18.7 Å². The fraction of sp³-hybridized carbons (Fsp3) is 0.240. The molecule has 0 fully saturated rings. The van der Waals surface area contributed by atoms with Gasteiger partial charge in [0.15, 0.2) is 0 Å². The van der Waals surface area contributed by atoms with E-state index in [1.54, 1.807) is 12.1 Å². The van der Waals surface area contributed by atoms with Crippen molar-refractivity contribution in [3.63, 3.8) is 0 Å². The molecular weight excluding hydrogens is 424 g/mol. The van der Waals surface area contributed by atoms with Crippen molar-refractivity contribution in [2.75, 3.05) is 7.11 Å². The standard InChI is InChI=1S/C25H26N2O4S/c1-18-7-9-19(10-8-18)16-26-25(28)24-15-20-5-3-4-6-21(20)17-27(24)32(29,30)23-13-11-22(31-2)12-14-23/h3-14,24H,15-17H2,1-2H3,(H,26,28)/t24-/m1/s1. The lowest BCUT2D eigenvalue weighted by atomic mass is 9.95. The number of hydrogen-bond acceptors (Lipinski definition) is 4. The third-order valence-corrected chi connectivity index (χ3v) is 7.63. The third-order valence-electron chi connectivity index (χ3n) is 5.76. The molecule has 1 amide bonds. The molecular formula is C25H26N2O4S. The summed E-state index contributed by atoms with van der Waals surface area (Å²) in [6.07, 6.45) is 0.325. The first-order chi connectivity index (χ1) is 15.4. The summed E-state index contributed by atoms with van der Waals surface area (Å²) in [5.41, 5.74) is 4.00. The quantitative estimate of drug-likeness (QED) is 0.624. The fourth-order valence-electron chi connectivity index (χ4n) is 3.87. The Bertz CT molecular complexity index is 1210. The van der Waals surface area contributed by atoms with Crippen LogP contribution < -0.4 is 10.1 Å². The minimum atomic E-state index is -3.90. The highest BCUT2D eigenvalue weighted by Gasteiger charge is 2.39. The summed E-state index contributed by atoms with van der Waals surface area (Å²) in [6.45, 7) is 2.49. The predicted molar refractivity (Wildman–Crippen MR) is 123 cm³/mol. The third kappa shape index (κ3) is 4.54. The van der Waals surface area contributed by atoms with Gasteiger partial charge in [0.1, 0.15) is 11.8 Å². The number of amides is 1. The Morgan fingerprint density at radius 3 is 2.31 bits per heavy atom. The van der Waals surface area contributed by atoms with Crippen LogP contribution in [0.25, 0.3) is 0 Å². The van der Waals surface area contributed by atoms with Gasteiger partial charge in [-0.15, -0.1) is 0 Å². The Kier molecular flexibility index (Phi) is 6.30. The fourth-order valence-corrected chi connectivity index (χ4v) is 5.44. The van der Waals surface area contributed by atoms with Crippen LogP contribution in [-0.2, 0) is 34.3 Å². The molecule has 0 bridgehead atoms. The zero-order valence-corrected chi connectivity index (χ0v) is 18.9. The van der Waals surface area contributed by atoms with Crippen LogP contribution in [0, 0.1) is 6.92 Å². The minimum absolute atomic E-state index is 0.133. The number of aryl methyl sites for hydroxylation is 1. The molecule has 1 atom stereocenters. The molecule has 0 saturated heterocycles. The lowest BCUT2D eigenvalue weighted by Gasteiger charge is -2.35. The van der Waals surface area contributed by atoms with Gasteiger partial charge < -0.3 is 10.1 Å². The molecule has 1 aliphatic heterocycles. The molecule has 0 unspecified atom stereocenters. The molecule has 3 aromatic carbocycles. The molecule has 0 saturated carbocycles. The maximum Gasteiger partial charge on any atom is 0.244 e. The van der Waals surface area contributed by atoms with Crippen LogP contribution in [0.15, 0.2) is 77.7 Å². The van der Waals surface area contributed by atoms with Crippen molar-refractivity contribution in [1.82, 2.24) is 9.62 Å². The highest BCUT2D eigenvalue weighted by molar-refractivity contribution is 7.89. The van der Waals surface area contributed by atoms with E-state index in [0.717, 1.165) is 22.3 Å². The monoisotopic (exact) mass is 450 g/mol. The zero-order chi connectivity index (χ0) is 22.7. The molecule has 32 heavy (non-hydrogen) atoms. The summed E-state index contributed by atoms with van der Waals surface area (Å²) in [5, 5.41) is 2.93. The highest BCUT2D eigenvalue weighted by Crippen LogP contribution is 2.30. The number of sulfonamides is 1. The molecule has 1 aliphatic rings. The van der Waals surface area contributed by atoms with Gasteiger partial charge in [-0.2, -0.15) is 4.31 Å². The summed E-state index contributed by atoms with van der Waals surface area (Å²) < 4.78 is 33.5. The van der Waals surface area contributed by atoms with Crippen molar-refractivity contribution >= 4 is 15.9 Å². The van der Waals surface area contributed by atoms with Gasteiger partial charge in [0, 0.05) is 13.1 Å². The summed E-state index contributed by atoms with van der Waals surface area (Å²) >= 11 is 0. The first-order valence-electron chi connectivity index (χ1n) is 10.4.